The molecular weight excluding hydrogens is 252 g/mol. The minimum Gasteiger partial charge on any atom is -0.481 e. The number of carbonyl (C=O) groups excluding carboxylic acids is 1. The van der Waals surface area contributed by atoms with Gasteiger partial charge in [-0.15, -0.1) is 0 Å². The highest BCUT2D eigenvalue weighted by atomic mass is 16.5. The molecule has 0 saturated carbocycles. The molecular formula is C16H24N2O2. The quantitative estimate of drug-likeness (QED) is 0.914. The van der Waals surface area contributed by atoms with E-state index < -0.39 is 0 Å². The number of benzene rings is 1. The van der Waals surface area contributed by atoms with E-state index in [-0.39, 0.29) is 12.0 Å². The SMILES string of the molecule is CCC(Oc1cccc(C)c1)C(=O)N1CCNC(C)C1. The Bertz CT molecular complexity index is 462. The lowest BCUT2D eigenvalue weighted by molar-refractivity contribution is -0.140. The lowest BCUT2D eigenvalue weighted by Crippen LogP contribution is -2.54. The van der Waals surface area contributed by atoms with Crippen molar-refractivity contribution in [3.63, 3.8) is 0 Å². The van der Waals surface area contributed by atoms with Crippen LogP contribution in [0.4, 0.5) is 0 Å². The standard InChI is InChI=1S/C16H24N2O2/c1-4-15(20-14-7-5-6-12(2)10-14)16(19)18-9-8-17-13(3)11-18/h5-7,10,13,15,17H,4,8-9,11H2,1-3H3. The number of hydrogen-bond donors (Lipinski definition) is 1. The number of nitrogens with zero attached hydrogens (tertiary/aromatic N) is 1. The molecule has 0 spiro atoms. The highest BCUT2D eigenvalue weighted by Crippen LogP contribution is 2.17. The van der Waals surface area contributed by atoms with Crippen LogP contribution < -0.4 is 10.1 Å². The second-order valence-electron chi connectivity index (χ2n) is 5.47. The Balaban J connectivity index is 2.02. The Morgan fingerprint density at radius 3 is 3.00 bits per heavy atom. The Kier molecular flexibility index (Phi) is 5.01. The molecule has 2 rings (SSSR count). The first kappa shape index (κ1) is 14.9. The molecule has 1 aliphatic rings. The Hall–Kier alpha value is -1.55. The van der Waals surface area contributed by atoms with Crippen molar-refractivity contribution in [2.75, 3.05) is 19.6 Å². The highest BCUT2D eigenvalue weighted by Gasteiger charge is 2.27. The van der Waals surface area contributed by atoms with E-state index in [2.05, 4.69) is 12.2 Å². The molecule has 2 unspecified atom stereocenters. The molecule has 2 atom stereocenters. The zero-order valence-electron chi connectivity index (χ0n) is 12.6. The van der Waals surface area contributed by atoms with Crippen molar-refractivity contribution < 1.29 is 9.53 Å². The Morgan fingerprint density at radius 2 is 2.35 bits per heavy atom. The van der Waals surface area contributed by atoms with E-state index >= 15 is 0 Å². The van der Waals surface area contributed by atoms with Gasteiger partial charge in [-0.25, -0.2) is 0 Å². The molecule has 1 saturated heterocycles. The zero-order chi connectivity index (χ0) is 14.5. The van der Waals surface area contributed by atoms with Crippen molar-refractivity contribution in [3.05, 3.63) is 29.8 Å². The summed E-state index contributed by atoms with van der Waals surface area (Å²) in [6.07, 6.45) is 0.299. The summed E-state index contributed by atoms with van der Waals surface area (Å²) in [5.41, 5.74) is 1.14. The lowest BCUT2D eigenvalue weighted by Gasteiger charge is -2.34. The smallest absolute Gasteiger partial charge is 0.263 e. The maximum absolute atomic E-state index is 12.5. The summed E-state index contributed by atoms with van der Waals surface area (Å²) in [7, 11) is 0. The number of piperazine rings is 1. The van der Waals surface area contributed by atoms with Gasteiger partial charge in [0.25, 0.3) is 5.91 Å². The van der Waals surface area contributed by atoms with Crippen LogP contribution in [0.25, 0.3) is 0 Å². The van der Waals surface area contributed by atoms with Gasteiger partial charge in [0.2, 0.25) is 0 Å². The fourth-order valence-corrected chi connectivity index (χ4v) is 2.50. The molecule has 0 aromatic heterocycles. The van der Waals surface area contributed by atoms with Crippen LogP contribution in [0.2, 0.25) is 0 Å². The van der Waals surface area contributed by atoms with Gasteiger partial charge in [-0.1, -0.05) is 19.1 Å². The fourth-order valence-electron chi connectivity index (χ4n) is 2.50. The molecule has 1 N–H and O–H groups in total. The van der Waals surface area contributed by atoms with Crippen LogP contribution in [0.5, 0.6) is 5.75 Å². The zero-order valence-corrected chi connectivity index (χ0v) is 12.6. The second kappa shape index (κ2) is 6.75. The molecule has 0 radical (unpaired) electrons. The van der Waals surface area contributed by atoms with E-state index in [1.807, 2.05) is 43.0 Å². The number of rotatable bonds is 4. The van der Waals surface area contributed by atoms with Crippen molar-refractivity contribution in [3.8, 4) is 5.75 Å². The predicted molar refractivity (Wildman–Crippen MR) is 79.9 cm³/mol. The third-order valence-electron chi connectivity index (χ3n) is 3.59. The van der Waals surface area contributed by atoms with Crippen LogP contribution in [0, 0.1) is 6.92 Å². The molecule has 0 bridgehead atoms. The van der Waals surface area contributed by atoms with Crippen LogP contribution in [0.3, 0.4) is 0 Å². The summed E-state index contributed by atoms with van der Waals surface area (Å²) in [5.74, 6) is 0.871. The molecule has 1 aliphatic heterocycles. The second-order valence-corrected chi connectivity index (χ2v) is 5.47. The van der Waals surface area contributed by atoms with Gasteiger partial charge in [-0.2, -0.15) is 0 Å². The average molecular weight is 276 g/mol. The molecule has 4 heteroatoms. The van der Waals surface area contributed by atoms with E-state index in [0.717, 1.165) is 30.9 Å². The molecule has 1 aromatic carbocycles. The number of nitrogens with one attached hydrogen (secondary N) is 1. The van der Waals surface area contributed by atoms with E-state index in [1.54, 1.807) is 0 Å². The van der Waals surface area contributed by atoms with Crippen molar-refractivity contribution >= 4 is 5.91 Å². The Morgan fingerprint density at radius 1 is 1.55 bits per heavy atom. The van der Waals surface area contributed by atoms with E-state index in [4.69, 9.17) is 4.74 Å². The van der Waals surface area contributed by atoms with E-state index in [0.29, 0.717) is 12.5 Å². The highest BCUT2D eigenvalue weighted by molar-refractivity contribution is 5.81. The maximum atomic E-state index is 12.5. The van der Waals surface area contributed by atoms with Crippen LogP contribution in [-0.4, -0.2) is 42.6 Å². The molecule has 1 aromatic rings. The Labute approximate surface area is 121 Å². The molecule has 20 heavy (non-hydrogen) atoms. The number of ether oxygens (including phenoxy) is 1. The monoisotopic (exact) mass is 276 g/mol. The molecule has 1 fully saturated rings. The normalized spacial score (nSPS) is 20.6. The van der Waals surface area contributed by atoms with Gasteiger partial charge in [-0.3, -0.25) is 4.79 Å². The topological polar surface area (TPSA) is 41.6 Å². The van der Waals surface area contributed by atoms with Crippen LogP contribution >= 0.6 is 0 Å². The van der Waals surface area contributed by atoms with Gasteiger partial charge in [-0.05, 0) is 38.0 Å². The van der Waals surface area contributed by atoms with Gasteiger partial charge in [0.05, 0.1) is 0 Å². The van der Waals surface area contributed by atoms with Crippen LogP contribution in [0.15, 0.2) is 24.3 Å². The lowest BCUT2D eigenvalue weighted by atomic mass is 10.1. The minimum atomic E-state index is -0.387. The summed E-state index contributed by atoms with van der Waals surface area (Å²) in [6, 6.07) is 8.20. The van der Waals surface area contributed by atoms with Crippen LogP contribution in [-0.2, 0) is 4.79 Å². The first-order valence-electron chi connectivity index (χ1n) is 7.35. The molecule has 4 nitrogen and oxygen atoms in total. The van der Waals surface area contributed by atoms with Gasteiger partial charge >= 0.3 is 0 Å². The van der Waals surface area contributed by atoms with Gasteiger partial charge in [0, 0.05) is 25.7 Å². The first-order chi connectivity index (χ1) is 9.60. The third-order valence-corrected chi connectivity index (χ3v) is 3.59. The van der Waals surface area contributed by atoms with Crippen molar-refractivity contribution in [1.29, 1.82) is 0 Å². The average Bonchev–Trinajstić information content (AvgIpc) is 2.44. The van der Waals surface area contributed by atoms with Gasteiger partial charge in [0.15, 0.2) is 6.10 Å². The summed E-state index contributed by atoms with van der Waals surface area (Å²) < 4.78 is 5.88. The summed E-state index contributed by atoms with van der Waals surface area (Å²) in [5, 5.41) is 3.35. The van der Waals surface area contributed by atoms with E-state index in [9.17, 15) is 4.79 Å². The van der Waals surface area contributed by atoms with Crippen LogP contribution in [0.1, 0.15) is 25.8 Å². The number of amides is 1. The first-order valence-corrected chi connectivity index (χ1v) is 7.35. The maximum Gasteiger partial charge on any atom is 0.263 e. The number of aryl methyl sites for hydroxylation is 1. The molecule has 110 valence electrons. The summed E-state index contributed by atoms with van der Waals surface area (Å²) in [6.45, 7) is 8.48. The van der Waals surface area contributed by atoms with Gasteiger partial charge in [0.1, 0.15) is 5.75 Å². The number of carbonyl (C=O) groups is 1. The predicted octanol–water partition coefficient (Wildman–Crippen LogP) is 1.97. The van der Waals surface area contributed by atoms with Crippen molar-refractivity contribution in [1.82, 2.24) is 10.2 Å². The fraction of sp³-hybridized carbons (Fsp3) is 0.562. The summed E-state index contributed by atoms with van der Waals surface area (Å²) in [4.78, 5) is 14.4. The number of hydrogen-bond acceptors (Lipinski definition) is 3. The molecule has 0 aliphatic carbocycles. The largest absolute Gasteiger partial charge is 0.481 e. The van der Waals surface area contributed by atoms with Crippen molar-refractivity contribution in [2.24, 2.45) is 0 Å². The van der Waals surface area contributed by atoms with E-state index in [1.165, 1.54) is 0 Å². The van der Waals surface area contributed by atoms with Gasteiger partial charge < -0.3 is 15.0 Å². The summed E-state index contributed by atoms with van der Waals surface area (Å²) >= 11 is 0. The molecule has 1 heterocycles. The van der Waals surface area contributed by atoms with Crippen molar-refractivity contribution in [2.45, 2.75) is 39.3 Å². The minimum absolute atomic E-state index is 0.0994. The molecule has 1 amide bonds. The third kappa shape index (κ3) is 3.73.